The van der Waals surface area contributed by atoms with Crippen LogP contribution < -0.4 is 11.1 Å². The molecule has 0 aliphatic carbocycles. The fourth-order valence-corrected chi connectivity index (χ4v) is 2.46. The zero-order valence-electron chi connectivity index (χ0n) is 14.4. The number of nitrogens with one attached hydrogen (secondary N) is 1. The first kappa shape index (κ1) is 18.1. The Morgan fingerprint density at radius 1 is 1.25 bits per heavy atom. The summed E-state index contributed by atoms with van der Waals surface area (Å²) in [6.07, 6.45) is 4.04. The molecule has 3 N–H and O–H groups in total. The number of para-hydroxylation sites is 1. The molecule has 1 aromatic heterocycles. The van der Waals surface area contributed by atoms with Crippen molar-refractivity contribution in [3.63, 3.8) is 0 Å². The third-order valence-electron chi connectivity index (χ3n) is 3.97. The molecule has 0 bridgehead atoms. The summed E-state index contributed by atoms with van der Waals surface area (Å²) in [5.74, 6) is 1.35. The predicted octanol–water partition coefficient (Wildman–Crippen LogP) is 3.18. The third kappa shape index (κ3) is 4.89. The van der Waals surface area contributed by atoms with Crippen molar-refractivity contribution in [1.29, 1.82) is 0 Å². The van der Waals surface area contributed by atoms with Gasteiger partial charge in [-0.25, -0.2) is 9.97 Å². The van der Waals surface area contributed by atoms with Gasteiger partial charge in [0.25, 0.3) is 0 Å². The largest absolute Gasteiger partial charge is 0.469 e. The number of hydrogen-bond acceptors (Lipinski definition) is 6. The Bertz CT molecular complexity index is 675. The van der Waals surface area contributed by atoms with E-state index in [0.29, 0.717) is 12.2 Å². The van der Waals surface area contributed by atoms with Gasteiger partial charge in [0.1, 0.15) is 11.6 Å². The molecular weight excluding hydrogens is 304 g/mol. The summed E-state index contributed by atoms with van der Waals surface area (Å²) >= 11 is 0. The summed E-state index contributed by atoms with van der Waals surface area (Å²) < 4.78 is 4.64. The quantitative estimate of drug-likeness (QED) is 0.542. The van der Waals surface area contributed by atoms with E-state index in [1.807, 2.05) is 31.2 Å². The molecule has 0 fully saturated rings. The number of methoxy groups -OCH3 is 1. The van der Waals surface area contributed by atoms with Gasteiger partial charge in [-0.3, -0.25) is 4.79 Å². The molecule has 0 saturated carbocycles. The average molecular weight is 330 g/mol. The van der Waals surface area contributed by atoms with Crippen LogP contribution in [0.25, 0.3) is 10.9 Å². The maximum atomic E-state index is 11.1. The number of fused-ring (bicyclic) bond motifs is 1. The van der Waals surface area contributed by atoms with E-state index in [9.17, 15) is 4.79 Å². The number of ether oxygens (including phenoxy) is 1. The number of aromatic nitrogens is 2. The minimum atomic E-state index is -0.157. The van der Waals surface area contributed by atoms with Gasteiger partial charge in [-0.2, -0.15) is 0 Å². The molecule has 1 atom stereocenters. The molecule has 6 heteroatoms. The SMILES string of the molecule is CC[C@H](N)c1nc(NCCCCCC(=O)OC)c2ccccc2n1. The Hall–Kier alpha value is -2.21. The third-order valence-corrected chi connectivity index (χ3v) is 3.97. The van der Waals surface area contributed by atoms with Crippen LogP contribution in [0.3, 0.4) is 0 Å². The molecular formula is C18H26N4O2. The molecule has 24 heavy (non-hydrogen) atoms. The van der Waals surface area contributed by atoms with Crippen molar-refractivity contribution in [3.8, 4) is 0 Å². The molecule has 0 amide bonds. The number of anilines is 1. The van der Waals surface area contributed by atoms with E-state index in [4.69, 9.17) is 5.73 Å². The van der Waals surface area contributed by atoms with Crippen LogP contribution in [0.15, 0.2) is 24.3 Å². The van der Waals surface area contributed by atoms with Crippen molar-refractivity contribution in [3.05, 3.63) is 30.1 Å². The number of nitrogens with two attached hydrogens (primary N) is 1. The number of rotatable bonds is 9. The highest BCUT2D eigenvalue weighted by molar-refractivity contribution is 5.89. The Labute approximate surface area is 142 Å². The van der Waals surface area contributed by atoms with Crippen LogP contribution in [0, 0.1) is 0 Å². The Morgan fingerprint density at radius 2 is 2.04 bits per heavy atom. The van der Waals surface area contributed by atoms with Crippen LogP contribution >= 0.6 is 0 Å². The Morgan fingerprint density at radius 3 is 2.79 bits per heavy atom. The van der Waals surface area contributed by atoms with E-state index in [2.05, 4.69) is 20.0 Å². The Kier molecular flexibility index (Phi) is 6.93. The van der Waals surface area contributed by atoms with Crippen LogP contribution in [0.1, 0.15) is 50.9 Å². The molecule has 130 valence electrons. The maximum absolute atomic E-state index is 11.1. The number of hydrogen-bond donors (Lipinski definition) is 2. The number of carbonyl (C=O) groups is 1. The first-order valence-corrected chi connectivity index (χ1v) is 8.48. The number of nitrogens with zero attached hydrogens (tertiary/aromatic N) is 2. The lowest BCUT2D eigenvalue weighted by molar-refractivity contribution is -0.140. The molecule has 1 heterocycles. The van der Waals surface area contributed by atoms with Crippen LogP contribution in [-0.2, 0) is 9.53 Å². The highest BCUT2D eigenvalue weighted by Crippen LogP contribution is 2.22. The normalized spacial score (nSPS) is 12.1. The van der Waals surface area contributed by atoms with Gasteiger partial charge in [0.15, 0.2) is 0 Å². The second-order valence-electron chi connectivity index (χ2n) is 5.78. The lowest BCUT2D eigenvalue weighted by Crippen LogP contribution is -2.15. The lowest BCUT2D eigenvalue weighted by atomic mass is 10.1. The van der Waals surface area contributed by atoms with Crippen molar-refractivity contribution in [2.75, 3.05) is 19.0 Å². The number of benzene rings is 1. The van der Waals surface area contributed by atoms with Crippen molar-refractivity contribution in [2.45, 2.75) is 45.1 Å². The average Bonchev–Trinajstić information content (AvgIpc) is 2.63. The van der Waals surface area contributed by atoms with Crippen LogP contribution in [-0.4, -0.2) is 29.6 Å². The zero-order chi connectivity index (χ0) is 17.4. The van der Waals surface area contributed by atoms with E-state index in [1.54, 1.807) is 0 Å². The molecule has 2 aromatic rings. The van der Waals surface area contributed by atoms with Crippen LogP contribution in [0.2, 0.25) is 0 Å². The summed E-state index contributed by atoms with van der Waals surface area (Å²) in [5, 5.41) is 4.39. The van der Waals surface area contributed by atoms with Crippen molar-refractivity contribution < 1.29 is 9.53 Å². The lowest BCUT2D eigenvalue weighted by Gasteiger charge is -2.13. The maximum Gasteiger partial charge on any atom is 0.305 e. The number of unbranched alkanes of at least 4 members (excludes halogenated alkanes) is 2. The number of carbonyl (C=O) groups excluding carboxylic acids is 1. The van der Waals surface area contributed by atoms with Gasteiger partial charge in [0.05, 0.1) is 18.7 Å². The van der Waals surface area contributed by atoms with E-state index < -0.39 is 0 Å². The molecule has 0 saturated heterocycles. The molecule has 0 spiro atoms. The van der Waals surface area contributed by atoms with Gasteiger partial charge in [-0.1, -0.05) is 25.5 Å². The summed E-state index contributed by atoms with van der Waals surface area (Å²) in [4.78, 5) is 20.3. The summed E-state index contributed by atoms with van der Waals surface area (Å²) in [7, 11) is 1.42. The van der Waals surface area contributed by atoms with E-state index in [1.165, 1.54) is 7.11 Å². The summed E-state index contributed by atoms with van der Waals surface area (Å²) in [6, 6.07) is 7.77. The second kappa shape index (κ2) is 9.17. The van der Waals surface area contributed by atoms with Crippen LogP contribution in [0.5, 0.6) is 0 Å². The summed E-state index contributed by atoms with van der Waals surface area (Å²) in [5.41, 5.74) is 7.00. The monoisotopic (exact) mass is 330 g/mol. The van der Waals surface area contributed by atoms with E-state index in [0.717, 1.165) is 48.9 Å². The highest BCUT2D eigenvalue weighted by Gasteiger charge is 2.12. The van der Waals surface area contributed by atoms with E-state index >= 15 is 0 Å². The minimum absolute atomic E-state index is 0.150. The van der Waals surface area contributed by atoms with Crippen molar-refractivity contribution in [2.24, 2.45) is 5.73 Å². The fraction of sp³-hybridized carbons (Fsp3) is 0.500. The first-order chi connectivity index (χ1) is 11.7. The van der Waals surface area contributed by atoms with Crippen molar-refractivity contribution in [1.82, 2.24) is 9.97 Å². The molecule has 0 unspecified atom stereocenters. The molecule has 1 aromatic carbocycles. The highest BCUT2D eigenvalue weighted by atomic mass is 16.5. The van der Waals surface area contributed by atoms with Gasteiger partial charge in [0, 0.05) is 18.4 Å². The van der Waals surface area contributed by atoms with Crippen LogP contribution in [0.4, 0.5) is 5.82 Å². The van der Waals surface area contributed by atoms with Crippen molar-refractivity contribution >= 4 is 22.7 Å². The zero-order valence-corrected chi connectivity index (χ0v) is 14.4. The molecule has 0 aliphatic rings. The first-order valence-electron chi connectivity index (χ1n) is 8.48. The fourth-order valence-electron chi connectivity index (χ4n) is 2.46. The standard InChI is InChI=1S/C18H26N4O2/c1-3-14(19)18-21-15-10-7-6-9-13(15)17(22-18)20-12-8-4-5-11-16(23)24-2/h6-7,9-10,14H,3-5,8,11-12,19H2,1-2H3,(H,20,21,22)/t14-/m0/s1. The van der Waals surface area contributed by atoms with Gasteiger partial charge in [0.2, 0.25) is 0 Å². The molecule has 0 radical (unpaired) electrons. The summed E-state index contributed by atoms with van der Waals surface area (Å²) in [6.45, 7) is 2.82. The van der Waals surface area contributed by atoms with Gasteiger partial charge >= 0.3 is 5.97 Å². The van der Waals surface area contributed by atoms with Gasteiger partial charge in [-0.05, 0) is 31.4 Å². The second-order valence-corrected chi connectivity index (χ2v) is 5.78. The minimum Gasteiger partial charge on any atom is -0.469 e. The molecule has 6 nitrogen and oxygen atoms in total. The van der Waals surface area contributed by atoms with Gasteiger partial charge < -0.3 is 15.8 Å². The smallest absolute Gasteiger partial charge is 0.305 e. The molecule has 0 aliphatic heterocycles. The molecule has 2 rings (SSSR count). The van der Waals surface area contributed by atoms with Gasteiger partial charge in [-0.15, -0.1) is 0 Å². The van der Waals surface area contributed by atoms with E-state index in [-0.39, 0.29) is 12.0 Å². The Balaban J connectivity index is 1.98. The predicted molar refractivity (Wildman–Crippen MR) is 95.7 cm³/mol. The topological polar surface area (TPSA) is 90.1 Å². The number of esters is 1.